The van der Waals surface area contributed by atoms with Gasteiger partial charge in [0.05, 0.1) is 12.0 Å². The summed E-state index contributed by atoms with van der Waals surface area (Å²) in [5, 5.41) is 8.75. The van der Waals surface area contributed by atoms with E-state index in [1.165, 1.54) is 12.8 Å². The van der Waals surface area contributed by atoms with Crippen molar-refractivity contribution in [2.75, 3.05) is 6.54 Å². The van der Waals surface area contributed by atoms with Crippen LogP contribution >= 0.6 is 0 Å². The molecule has 3 nitrogen and oxygen atoms in total. The van der Waals surface area contributed by atoms with Crippen molar-refractivity contribution in [3.8, 4) is 6.07 Å². The summed E-state index contributed by atoms with van der Waals surface area (Å²) in [5.41, 5.74) is 0. The molecule has 76 valence electrons. The molecule has 1 heterocycles. The first-order chi connectivity index (χ1) is 6.70. The van der Waals surface area contributed by atoms with Crippen LogP contribution in [0.5, 0.6) is 0 Å². The highest BCUT2D eigenvalue weighted by Crippen LogP contribution is 2.35. The second-order valence-electron chi connectivity index (χ2n) is 4.60. The number of likely N-dealkylation sites (tertiary alicyclic amines) is 1. The summed E-state index contributed by atoms with van der Waals surface area (Å²) in [5.74, 6) is 0.952. The zero-order valence-corrected chi connectivity index (χ0v) is 8.57. The summed E-state index contributed by atoms with van der Waals surface area (Å²) in [6.07, 6.45) is 4.22. The Morgan fingerprint density at radius 1 is 1.64 bits per heavy atom. The van der Waals surface area contributed by atoms with E-state index in [0.717, 1.165) is 12.3 Å². The van der Waals surface area contributed by atoms with Gasteiger partial charge in [0.15, 0.2) is 0 Å². The SMILES string of the molecule is CC(CC1CC1)N1CC(C#N)CC1=O. The topological polar surface area (TPSA) is 44.1 Å². The van der Waals surface area contributed by atoms with Gasteiger partial charge in [0.1, 0.15) is 0 Å². The number of hydrogen-bond acceptors (Lipinski definition) is 2. The Hall–Kier alpha value is -1.04. The first-order valence-electron chi connectivity index (χ1n) is 5.39. The third-order valence-corrected chi connectivity index (χ3v) is 3.24. The van der Waals surface area contributed by atoms with E-state index in [0.29, 0.717) is 19.0 Å². The number of carbonyl (C=O) groups is 1. The highest BCUT2D eigenvalue weighted by molar-refractivity contribution is 5.79. The Bertz CT molecular complexity index is 278. The van der Waals surface area contributed by atoms with Gasteiger partial charge < -0.3 is 4.90 Å². The van der Waals surface area contributed by atoms with Crippen LogP contribution in [-0.2, 0) is 4.79 Å². The van der Waals surface area contributed by atoms with E-state index in [2.05, 4.69) is 13.0 Å². The predicted octanol–water partition coefficient (Wildman–Crippen LogP) is 1.55. The number of carbonyl (C=O) groups excluding carboxylic acids is 1. The minimum atomic E-state index is -0.0656. The number of hydrogen-bond donors (Lipinski definition) is 0. The summed E-state index contributed by atoms with van der Waals surface area (Å²) in [4.78, 5) is 13.5. The summed E-state index contributed by atoms with van der Waals surface area (Å²) in [7, 11) is 0. The van der Waals surface area contributed by atoms with Gasteiger partial charge in [-0.05, 0) is 19.3 Å². The minimum absolute atomic E-state index is 0.0656. The largest absolute Gasteiger partial charge is 0.339 e. The van der Waals surface area contributed by atoms with Crippen molar-refractivity contribution in [2.24, 2.45) is 11.8 Å². The van der Waals surface area contributed by atoms with Crippen molar-refractivity contribution >= 4 is 5.91 Å². The number of rotatable bonds is 3. The van der Waals surface area contributed by atoms with Crippen molar-refractivity contribution in [3.63, 3.8) is 0 Å². The summed E-state index contributed by atoms with van der Waals surface area (Å²) >= 11 is 0. The zero-order valence-electron chi connectivity index (χ0n) is 8.57. The molecule has 1 aliphatic carbocycles. The third kappa shape index (κ3) is 1.89. The van der Waals surface area contributed by atoms with E-state index in [1.54, 1.807) is 0 Å². The van der Waals surface area contributed by atoms with Gasteiger partial charge in [-0.15, -0.1) is 0 Å². The Morgan fingerprint density at radius 2 is 2.36 bits per heavy atom. The molecule has 0 aromatic carbocycles. The van der Waals surface area contributed by atoms with Crippen molar-refractivity contribution < 1.29 is 4.79 Å². The molecule has 2 unspecified atom stereocenters. The second kappa shape index (κ2) is 3.61. The fourth-order valence-electron chi connectivity index (χ4n) is 2.21. The molecule has 2 atom stereocenters. The monoisotopic (exact) mass is 192 g/mol. The molecule has 1 aliphatic heterocycles. The lowest BCUT2D eigenvalue weighted by Crippen LogP contribution is -2.34. The smallest absolute Gasteiger partial charge is 0.224 e. The number of nitrogens with zero attached hydrogens (tertiary/aromatic N) is 2. The lowest BCUT2D eigenvalue weighted by atomic mass is 10.1. The Labute approximate surface area is 84.7 Å². The molecule has 0 bridgehead atoms. The lowest BCUT2D eigenvalue weighted by Gasteiger charge is -2.24. The molecule has 0 spiro atoms. The number of amides is 1. The molecule has 14 heavy (non-hydrogen) atoms. The molecule has 2 rings (SSSR count). The average Bonchev–Trinajstić information content (AvgIpc) is 2.87. The highest BCUT2D eigenvalue weighted by atomic mass is 16.2. The minimum Gasteiger partial charge on any atom is -0.339 e. The summed E-state index contributed by atoms with van der Waals surface area (Å²) in [6.45, 7) is 2.76. The van der Waals surface area contributed by atoms with Gasteiger partial charge in [0.25, 0.3) is 0 Å². The van der Waals surface area contributed by atoms with E-state index in [-0.39, 0.29) is 11.8 Å². The van der Waals surface area contributed by atoms with Crippen LogP contribution in [-0.4, -0.2) is 23.4 Å². The molecule has 2 fully saturated rings. The van der Waals surface area contributed by atoms with Crippen molar-refractivity contribution in [1.29, 1.82) is 5.26 Å². The van der Waals surface area contributed by atoms with Gasteiger partial charge in [0.2, 0.25) is 5.91 Å². The maximum Gasteiger partial charge on any atom is 0.224 e. The number of nitriles is 1. The molecule has 0 aromatic rings. The molecule has 2 aliphatic rings. The highest BCUT2D eigenvalue weighted by Gasteiger charge is 2.34. The maximum absolute atomic E-state index is 11.6. The molecule has 3 heteroatoms. The third-order valence-electron chi connectivity index (χ3n) is 3.24. The molecule has 1 saturated heterocycles. The van der Waals surface area contributed by atoms with E-state index in [9.17, 15) is 4.79 Å². The molecule has 0 radical (unpaired) electrons. The van der Waals surface area contributed by atoms with Crippen LogP contribution in [0.1, 0.15) is 32.6 Å². The van der Waals surface area contributed by atoms with E-state index in [1.807, 2.05) is 4.90 Å². The van der Waals surface area contributed by atoms with Crippen LogP contribution in [0.2, 0.25) is 0 Å². The van der Waals surface area contributed by atoms with E-state index < -0.39 is 0 Å². The predicted molar refractivity (Wildman–Crippen MR) is 52.2 cm³/mol. The fourth-order valence-corrected chi connectivity index (χ4v) is 2.21. The molecular weight excluding hydrogens is 176 g/mol. The quantitative estimate of drug-likeness (QED) is 0.681. The lowest BCUT2D eigenvalue weighted by molar-refractivity contribution is -0.129. The van der Waals surface area contributed by atoms with Gasteiger partial charge in [0, 0.05) is 19.0 Å². The van der Waals surface area contributed by atoms with Gasteiger partial charge >= 0.3 is 0 Å². The van der Waals surface area contributed by atoms with E-state index >= 15 is 0 Å². The summed E-state index contributed by atoms with van der Waals surface area (Å²) < 4.78 is 0. The normalized spacial score (nSPS) is 29.0. The van der Waals surface area contributed by atoms with Gasteiger partial charge in [-0.25, -0.2) is 0 Å². The first-order valence-corrected chi connectivity index (χ1v) is 5.39. The van der Waals surface area contributed by atoms with Crippen LogP contribution in [0, 0.1) is 23.2 Å². The van der Waals surface area contributed by atoms with Crippen LogP contribution < -0.4 is 0 Å². The van der Waals surface area contributed by atoms with Gasteiger partial charge in [-0.2, -0.15) is 5.26 Å². The molecular formula is C11H16N2O. The Kier molecular flexibility index (Phi) is 2.45. The van der Waals surface area contributed by atoms with Crippen LogP contribution in [0.25, 0.3) is 0 Å². The van der Waals surface area contributed by atoms with Crippen LogP contribution in [0.4, 0.5) is 0 Å². The molecule has 1 amide bonds. The molecule has 1 saturated carbocycles. The molecule has 0 N–H and O–H groups in total. The van der Waals surface area contributed by atoms with E-state index in [4.69, 9.17) is 5.26 Å². The van der Waals surface area contributed by atoms with Crippen LogP contribution in [0.15, 0.2) is 0 Å². The Morgan fingerprint density at radius 3 is 2.86 bits per heavy atom. The van der Waals surface area contributed by atoms with Crippen LogP contribution in [0.3, 0.4) is 0 Å². The summed E-state index contributed by atoms with van der Waals surface area (Å²) in [6, 6.07) is 2.53. The van der Waals surface area contributed by atoms with Crippen molar-refractivity contribution in [1.82, 2.24) is 4.90 Å². The first kappa shape index (κ1) is 9.51. The Balaban J connectivity index is 1.90. The average molecular weight is 192 g/mol. The molecule has 0 aromatic heterocycles. The maximum atomic E-state index is 11.6. The standard InChI is InChI=1S/C11H16N2O/c1-8(4-9-2-3-9)13-7-10(6-12)5-11(13)14/h8-10H,2-5,7H2,1H3. The zero-order chi connectivity index (χ0) is 10.1. The van der Waals surface area contributed by atoms with Crippen molar-refractivity contribution in [2.45, 2.75) is 38.6 Å². The second-order valence-corrected chi connectivity index (χ2v) is 4.60. The van der Waals surface area contributed by atoms with Crippen molar-refractivity contribution in [3.05, 3.63) is 0 Å². The van der Waals surface area contributed by atoms with Gasteiger partial charge in [-0.1, -0.05) is 12.8 Å². The fraction of sp³-hybridized carbons (Fsp3) is 0.818. The van der Waals surface area contributed by atoms with Gasteiger partial charge in [-0.3, -0.25) is 4.79 Å².